The molecule has 0 saturated carbocycles. The predicted octanol–water partition coefficient (Wildman–Crippen LogP) is 2.77. The molecule has 5 heteroatoms. The fraction of sp³-hybridized carbons (Fsp3) is 0.611. The van der Waals surface area contributed by atoms with E-state index in [-0.39, 0.29) is 11.8 Å². The van der Waals surface area contributed by atoms with Gasteiger partial charge in [-0.2, -0.15) is 0 Å². The summed E-state index contributed by atoms with van der Waals surface area (Å²) >= 11 is 5.95. The molecule has 1 aliphatic heterocycles. The minimum atomic E-state index is -0.990. The lowest BCUT2D eigenvalue weighted by Gasteiger charge is -2.51. The Morgan fingerprint density at radius 2 is 1.87 bits per heavy atom. The van der Waals surface area contributed by atoms with Crippen molar-refractivity contribution in [2.45, 2.75) is 45.8 Å². The van der Waals surface area contributed by atoms with Crippen LogP contribution in [0.25, 0.3) is 0 Å². The summed E-state index contributed by atoms with van der Waals surface area (Å²) in [5.41, 5.74) is 5.38. The van der Waals surface area contributed by atoms with Crippen molar-refractivity contribution in [1.29, 1.82) is 0 Å². The number of benzene rings is 1. The highest BCUT2D eigenvalue weighted by atomic mass is 35.5. The molecule has 1 aromatic carbocycles. The van der Waals surface area contributed by atoms with E-state index < -0.39 is 17.1 Å². The number of carbonyl (C=O) groups is 1. The summed E-state index contributed by atoms with van der Waals surface area (Å²) < 4.78 is 0. The molecule has 3 N–H and O–H groups in total. The quantitative estimate of drug-likeness (QED) is 0.890. The van der Waals surface area contributed by atoms with E-state index in [9.17, 15) is 9.90 Å². The SMILES string of the molecule is CC(C)[C@@H](N)C(=O)N1CCC(O)(c2ccc(Cl)cc2)C(C)(C)C1. The smallest absolute Gasteiger partial charge is 0.239 e. The topological polar surface area (TPSA) is 66.6 Å². The van der Waals surface area contributed by atoms with Crippen LogP contribution in [0.4, 0.5) is 0 Å². The first-order valence-electron chi connectivity index (χ1n) is 8.11. The monoisotopic (exact) mass is 338 g/mol. The molecule has 0 radical (unpaired) electrons. The van der Waals surface area contributed by atoms with Gasteiger partial charge < -0.3 is 15.7 Å². The van der Waals surface area contributed by atoms with E-state index in [0.29, 0.717) is 24.5 Å². The molecule has 0 bridgehead atoms. The van der Waals surface area contributed by atoms with Gasteiger partial charge in [-0.25, -0.2) is 0 Å². The number of rotatable bonds is 3. The third kappa shape index (κ3) is 3.39. The highest BCUT2D eigenvalue weighted by molar-refractivity contribution is 6.30. The summed E-state index contributed by atoms with van der Waals surface area (Å²) in [6, 6.07) is 6.81. The first-order valence-corrected chi connectivity index (χ1v) is 8.49. The second kappa shape index (κ2) is 6.42. The lowest BCUT2D eigenvalue weighted by Crippen LogP contribution is -2.59. The molecule has 0 aliphatic carbocycles. The zero-order valence-electron chi connectivity index (χ0n) is 14.3. The maximum Gasteiger partial charge on any atom is 0.239 e. The van der Waals surface area contributed by atoms with Crippen molar-refractivity contribution in [1.82, 2.24) is 4.90 Å². The van der Waals surface area contributed by atoms with Gasteiger partial charge in [0.2, 0.25) is 5.91 Å². The van der Waals surface area contributed by atoms with Gasteiger partial charge in [-0.05, 0) is 30.0 Å². The van der Waals surface area contributed by atoms with E-state index in [2.05, 4.69) is 0 Å². The molecular formula is C18H27ClN2O2. The van der Waals surface area contributed by atoms with Crippen molar-refractivity contribution >= 4 is 17.5 Å². The Bertz CT molecular complexity index is 571. The van der Waals surface area contributed by atoms with Crippen LogP contribution in [0.2, 0.25) is 5.02 Å². The van der Waals surface area contributed by atoms with E-state index in [1.807, 2.05) is 39.8 Å². The summed E-state index contributed by atoms with van der Waals surface area (Å²) in [6.07, 6.45) is 0.484. The third-order valence-electron chi connectivity index (χ3n) is 5.09. The molecule has 0 aromatic heterocycles. The molecule has 23 heavy (non-hydrogen) atoms. The molecule has 1 unspecified atom stereocenters. The van der Waals surface area contributed by atoms with E-state index in [1.165, 1.54) is 0 Å². The summed E-state index contributed by atoms with van der Waals surface area (Å²) in [5.74, 6) is 0.0638. The number of carbonyl (C=O) groups excluding carboxylic acids is 1. The van der Waals surface area contributed by atoms with Crippen molar-refractivity contribution in [2.75, 3.05) is 13.1 Å². The molecular weight excluding hydrogens is 312 g/mol. The number of amides is 1. The molecule has 2 atom stereocenters. The van der Waals surface area contributed by atoms with Gasteiger partial charge in [0.25, 0.3) is 0 Å². The van der Waals surface area contributed by atoms with E-state index in [4.69, 9.17) is 17.3 Å². The fourth-order valence-electron chi connectivity index (χ4n) is 3.27. The van der Waals surface area contributed by atoms with Gasteiger partial charge in [-0.3, -0.25) is 4.79 Å². The molecule has 1 heterocycles. The van der Waals surface area contributed by atoms with E-state index in [0.717, 1.165) is 5.56 Å². The second-order valence-corrected chi connectivity index (χ2v) is 7.97. The zero-order valence-corrected chi connectivity index (χ0v) is 15.1. The van der Waals surface area contributed by atoms with E-state index in [1.54, 1.807) is 17.0 Å². The highest BCUT2D eigenvalue weighted by Crippen LogP contribution is 2.46. The molecule has 0 spiro atoms. The van der Waals surface area contributed by atoms with Crippen molar-refractivity contribution in [3.8, 4) is 0 Å². The van der Waals surface area contributed by atoms with Crippen LogP contribution in [-0.2, 0) is 10.4 Å². The van der Waals surface area contributed by atoms with Crippen LogP contribution in [0.3, 0.4) is 0 Å². The van der Waals surface area contributed by atoms with Crippen LogP contribution in [0.5, 0.6) is 0 Å². The number of halogens is 1. The molecule has 1 amide bonds. The van der Waals surface area contributed by atoms with Crippen LogP contribution in [0.15, 0.2) is 24.3 Å². The fourth-order valence-corrected chi connectivity index (χ4v) is 3.39. The Balaban J connectivity index is 2.23. The standard InChI is InChI=1S/C18H27ClN2O2/c1-12(2)15(20)16(22)21-10-9-18(23,17(3,4)11-21)13-5-7-14(19)8-6-13/h5-8,12,15,23H,9-11,20H2,1-4H3/t15-,18?/m1/s1. The normalized spacial score (nSPS) is 25.5. The summed E-state index contributed by atoms with van der Waals surface area (Å²) in [5, 5.41) is 11.9. The predicted molar refractivity (Wildman–Crippen MR) is 93.1 cm³/mol. The van der Waals surface area contributed by atoms with Crippen LogP contribution in [0, 0.1) is 11.3 Å². The Labute approximate surface area is 143 Å². The van der Waals surface area contributed by atoms with Gasteiger partial charge in [0.1, 0.15) is 0 Å². The molecule has 128 valence electrons. The molecule has 1 saturated heterocycles. The average molecular weight is 339 g/mol. The molecule has 2 rings (SSSR count). The van der Waals surface area contributed by atoms with Gasteiger partial charge >= 0.3 is 0 Å². The van der Waals surface area contributed by atoms with Gasteiger partial charge in [-0.15, -0.1) is 0 Å². The van der Waals surface area contributed by atoms with Gasteiger partial charge in [0, 0.05) is 23.5 Å². The molecule has 1 aliphatic rings. The number of hydrogen-bond acceptors (Lipinski definition) is 3. The highest BCUT2D eigenvalue weighted by Gasteiger charge is 2.50. The zero-order chi connectivity index (χ0) is 17.4. The molecule has 4 nitrogen and oxygen atoms in total. The lowest BCUT2D eigenvalue weighted by atomic mass is 9.66. The minimum Gasteiger partial charge on any atom is -0.384 e. The maximum absolute atomic E-state index is 12.5. The second-order valence-electron chi connectivity index (χ2n) is 7.53. The molecule has 1 aromatic rings. The van der Waals surface area contributed by atoms with Gasteiger partial charge in [0.15, 0.2) is 0 Å². The van der Waals surface area contributed by atoms with Crippen molar-refractivity contribution in [3.05, 3.63) is 34.9 Å². The summed E-state index contributed by atoms with van der Waals surface area (Å²) in [6.45, 7) is 8.85. The number of nitrogens with two attached hydrogens (primary N) is 1. The van der Waals surface area contributed by atoms with Crippen LogP contribution < -0.4 is 5.73 Å². The van der Waals surface area contributed by atoms with Crippen molar-refractivity contribution in [2.24, 2.45) is 17.1 Å². The average Bonchev–Trinajstić information content (AvgIpc) is 2.49. The largest absolute Gasteiger partial charge is 0.384 e. The lowest BCUT2D eigenvalue weighted by molar-refractivity contribution is -0.155. The van der Waals surface area contributed by atoms with Crippen molar-refractivity contribution in [3.63, 3.8) is 0 Å². The Morgan fingerprint density at radius 3 is 2.35 bits per heavy atom. The minimum absolute atomic E-state index is 0.0359. The number of nitrogens with zero attached hydrogens (tertiary/aromatic N) is 1. The number of hydrogen-bond donors (Lipinski definition) is 2. The summed E-state index contributed by atoms with van der Waals surface area (Å²) in [7, 11) is 0. The van der Waals surface area contributed by atoms with Crippen LogP contribution in [-0.4, -0.2) is 35.0 Å². The first kappa shape index (κ1) is 18.2. The van der Waals surface area contributed by atoms with Gasteiger partial charge in [-0.1, -0.05) is 51.4 Å². The maximum atomic E-state index is 12.5. The van der Waals surface area contributed by atoms with E-state index >= 15 is 0 Å². The Morgan fingerprint density at radius 1 is 1.30 bits per heavy atom. The Kier molecular flexibility index (Phi) is 5.09. The van der Waals surface area contributed by atoms with Crippen molar-refractivity contribution < 1.29 is 9.90 Å². The van der Waals surface area contributed by atoms with Crippen LogP contribution in [0.1, 0.15) is 39.7 Å². The molecule has 1 fully saturated rings. The third-order valence-corrected chi connectivity index (χ3v) is 5.34. The first-order chi connectivity index (χ1) is 10.6. The van der Waals surface area contributed by atoms with Crippen LogP contribution >= 0.6 is 11.6 Å². The summed E-state index contributed by atoms with van der Waals surface area (Å²) in [4.78, 5) is 14.3. The number of likely N-dealkylation sites (tertiary alicyclic amines) is 1. The number of aliphatic hydroxyl groups is 1. The Hall–Kier alpha value is -1.10. The van der Waals surface area contributed by atoms with Gasteiger partial charge in [0.05, 0.1) is 11.6 Å². The number of piperidine rings is 1.